The van der Waals surface area contributed by atoms with E-state index < -0.39 is 0 Å². The lowest BCUT2D eigenvalue weighted by Crippen LogP contribution is -2.44. The van der Waals surface area contributed by atoms with Gasteiger partial charge in [0, 0.05) is 0 Å². The van der Waals surface area contributed by atoms with Gasteiger partial charge in [-0.3, -0.25) is 0 Å². The Hall–Kier alpha value is -5.12. The number of aromatic hydroxyl groups is 1. The van der Waals surface area contributed by atoms with Crippen LogP contribution in [-0.4, -0.2) is 23.9 Å². The number of phenolic OH excluding ortho intramolecular Hbond substituents is 1. The molecule has 0 aromatic heterocycles. The number of hydrogen-bond acceptors (Lipinski definition) is 3. The Bertz CT molecular complexity index is 2830. The summed E-state index contributed by atoms with van der Waals surface area (Å²) in [5.74, 6) is 6.37. The molecule has 2 unspecified atom stereocenters. The molecule has 0 amide bonds. The highest BCUT2D eigenvalue weighted by Crippen LogP contribution is 2.59. The Labute approximate surface area is 488 Å². The molecule has 1 aliphatic heterocycles. The third-order valence-corrected chi connectivity index (χ3v) is 20.2. The molecule has 3 fully saturated rings. The summed E-state index contributed by atoms with van der Waals surface area (Å²) in [4.78, 5) is 0. The summed E-state index contributed by atoms with van der Waals surface area (Å²) in [5, 5.41) is 8.99. The van der Waals surface area contributed by atoms with Gasteiger partial charge in [-0.25, -0.2) is 0 Å². The summed E-state index contributed by atoms with van der Waals surface area (Å²) in [6.45, 7) is 39.2. The molecule has 11 aliphatic rings. The van der Waals surface area contributed by atoms with Crippen LogP contribution >= 0.6 is 0 Å². The SMILES string of the molecule is C=C1CC[C@H]2O[C@]2(C)CC[C@@H]2[C@@H]1CC2(C)C.CC(C)=C1CCC(C)C2=C(C1)C(C)CC2.CC(C)=C1CC[C@H](C)C2=C(C1)[C@@H](C)CC2.COc1ccccc1O.Cc1ccc(C(C)C)cc2c(C)ccc1-2.c1ccc2cccc-2cc1. The van der Waals surface area contributed by atoms with Gasteiger partial charge in [0.1, 0.15) is 0 Å². The Kier molecular flexibility index (Phi) is 21.7. The van der Waals surface area contributed by atoms with Crippen LogP contribution < -0.4 is 4.74 Å². The van der Waals surface area contributed by atoms with Crippen molar-refractivity contribution in [3.05, 3.63) is 177 Å². The zero-order chi connectivity index (χ0) is 58.1. The fourth-order valence-electron chi connectivity index (χ4n) is 14.2. The van der Waals surface area contributed by atoms with E-state index in [0.717, 1.165) is 35.5 Å². The Morgan fingerprint density at radius 1 is 0.588 bits per heavy atom. The zero-order valence-corrected chi connectivity index (χ0v) is 53.0. The lowest BCUT2D eigenvalue weighted by Gasteiger charge is -2.53. The van der Waals surface area contributed by atoms with Crippen molar-refractivity contribution in [3.63, 3.8) is 0 Å². The van der Waals surface area contributed by atoms with Crippen LogP contribution in [0.25, 0.3) is 22.3 Å². The highest BCUT2D eigenvalue weighted by Gasteiger charge is 2.56. The van der Waals surface area contributed by atoms with Crippen LogP contribution in [-0.2, 0) is 4.74 Å². The summed E-state index contributed by atoms with van der Waals surface area (Å²) in [7, 11) is 1.52. The van der Waals surface area contributed by atoms with Crippen molar-refractivity contribution in [2.45, 2.75) is 218 Å². The minimum atomic E-state index is 0.181. The molecule has 2 saturated carbocycles. The minimum absolute atomic E-state index is 0.181. The van der Waals surface area contributed by atoms with E-state index in [2.05, 4.69) is 183 Å². The second-order valence-corrected chi connectivity index (χ2v) is 27.2. The number of ether oxygens (including phenoxy) is 2. The Morgan fingerprint density at radius 3 is 1.60 bits per heavy atom. The number of fused-ring (bicyclic) bond motifs is 4. The lowest BCUT2D eigenvalue weighted by atomic mass is 9.52. The Balaban J connectivity index is 0.000000140. The third kappa shape index (κ3) is 15.7. The van der Waals surface area contributed by atoms with Crippen molar-refractivity contribution in [1.82, 2.24) is 0 Å². The standard InChI is InChI=1S/C15H24O.2C15H24.C15H18.C10H8.C7H8O2/c1-10-5-6-13-15(4,16-13)8-7-12-11(10)9-14(12,2)3;3*1-10(2)13-7-5-11(3)14-8-6-12(4)15(14)9-13;1-2-5-9-7-4-8-10(9)6-3-1;1-9-7-5-3-2-4-6(7)8/h11-13H,1,5-9H2,2-4H3;2*11-12H,5-9H2,1-4H3;5-10H,1-4H3;1-8H;2-5,8H,1H3/t11-,12-,13-,15-;11-,12-;;;;/m10..../s1. The molecule has 0 spiro atoms. The van der Waals surface area contributed by atoms with E-state index in [-0.39, 0.29) is 11.4 Å². The number of benzene rings is 1. The van der Waals surface area contributed by atoms with Crippen LogP contribution in [0.1, 0.15) is 209 Å². The first-order valence-corrected chi connectivity index (χ1v) is 31.4. The van der Waals surface area contributed by atoms with Crippen molar-refractivity contribution < 1.29 is 14.6 Å². The van der Waals surface area contributed by atoms with Gasteiger partial charge < -0.3 is 14.6 Å². The molecule has 1 heterocycles. The van der Waals surface area contributed by atoms with Gasteiger partial charge >= 0.3 is 0 Å². The molecule has 3 nitrogen and oxygen atoms in total. The van der Waals surface area contributed by atoms with Gasteiger partial charge in [0.2, 0.25) is 0 Å². The molecule has 1 saturated heterocycles. The molecular weight excluding hydrogens is 973 g/mol. The third-order valence-electron chi connectivity index (χ3n) is 20.2. The molecule has 10 aliphatic carbocycles. The van der Waals surface area contributed by atoms with Gasteiger partial charge in [-0.15, -0.1) is 0 Å². The number of epoxide rings is 1. The maximum atomic E-state index is 8.99. The number of aryl methyl sites for hydroxylation is 2. The number of rotatable bonds is 2. The van der Waals surface area contributed by atoms with E-state index >= 15 is 0 Å². The average molecular weight is 1080 g/mol. The molecule has 1 aromatic carbocycles. The molecule has 8 atom stereocenters. The van der Waals surface area contributed by atoms with Crippen LogP contribution in [0.3, 0.4) is 0 Å². The fourth-order valence-corrected chi connectivity index (χ4v) is 14.2. The van der Waals surface area contributed by atoms with E-state index in [0.29, 0.717) is 23.2 Å². The second kappa shape index (κ2) is 27.8. The van der Waals surface area contributed by atoms with Gasteiger partial charge in [-0.2, -0.15) is 0 Å². The van der Waals surface area contributed by atoms with Gasteiger partial charge in [0.15, 0.2) is 11.5 Å². The number of hydrogen-bond donors (Lipinski definition) is 1. The summed E-state index contributed by atoms with van der Waals surface area (Å²) >= 11 is 0. The van der Waals surface area contributed by atoms with Crippen LogP contribution in [0.4, 0.5) is 0 Å². The highest BCUT2D eigenvalue weighted by molar-refractivity contribution is 5.74. The lowest BCUT2D eigenvalue weighted by molar-refractivity contribution is -0.00211. The Morgan fingerprint density at radius 2 is 1.09 bits per heavy atom. The molecule has 0 radical (unpaired) electrons. The smallest absolute Gasteiger partial charge is 0.160 e. The van der Waals surface area contributed by atoms with Crippen LogP contribution in [0, 0.1) is 54.8 Å². The van der Waals surface area contributed by atoms with E-state index in [9.17, 15) is 0 Å². The van der Waals surface area contributed by atoms with Crippen LogP contribution in [0.2, 0.25) is 0 Å². The zero-order valence-electron chi connectivity index (χ0n) is 53.0. The molecule has 1 aromatic rings. The molecule has 12 rings (SSSR count). The van der Waals surface area contributed by atoms with E-state index in [4.69, 9.17) is 14.6 Å². The maximum absolute atomic E-state index is 8.99. The minimum Gasteiger partial charge on any atom is -0.504 e. The predicted octanol–water partition coefficient (Wildman–Crippen LogP) is 22.4. The summed E-state index contributed by atoms with van der Waals surface area (Å²) in [6, 6.07) is 34.8. The van der Waals surface area contributed by atoms with E-state index in [1.54, 1.807) is 57.7 Å². The van der Waals surface area contributed by atoms with Crippen molar-refractivity contribution >= 4 is 0 Å². The number of phenols is 1. The quantitative estimate of drug-likeness (QED) is 0.141. The molecule has 1 N–H and O–H groups in total. The average Bonchev–Trinajstić information content (AvgIpc) is 3.57. The highest BCUT2D eigenvalue weighted by atomic mass is 16.6. The summed E-state index contributed by atoms with van der Waals surface area (Å²) in [6.07, 6.45) is 20.5. The first kappa shape index (κ1) is 62.5. The molecule has 80 heavy (non-hydrogen) atoms. The monoisotopic (exact) mass is 1080 g/mol. The van der Waals surface area contributed by atoms with Crippen molar-refractivity contribution in [3.8, 4) is 33.8 Å². The molecule has 3 heteroatoms. The fraction of sp³-hybridized carbons (Fsp3) is 0.532. The number of methoxy groups -OCH3 is 1. The second-order valence-electron chi connectivity index (χ2n) is 27.2. The molecule has 432 valence electrons. The maximum Gasteiger partial charge on any atom is 0.160 e. The van der Waals surface area contributed by atoms with Crippen molar-refractivity contribution in [1.29, 1.82) is 0 Å². The van der Waals surface area contributed by atoms with Crippen molar-refractivity contribution in [2.24, 2.45) is 40.9 Å². The van der Waals surface area contributed by atoms with Crippen molar-refractivity contribution in [2.75, 3.05) is 7.11 Å². The predicted molar refractivity (Wildman–Crippen MR) is 344 cm³/mol. The van der Waals surface area contributed by atoms with Crippen LogP contribution in [0.5, 0.6) is 11.5 Å². The van der Waals surface area contributed by atoms with E-state index in [1.165, 1.54) is 148 Å². The summed E-state index contributed by atoms with van der Waals surface area (Å²) < 4.78 is 10.7. The molecular formula is C77H106O3. The molecule has 0 bridgehead atoms. The van der Waals surface area contributed by atoms with Gasteiger partial charge in [0.25, 0.3) is 0 Å². The number of para-hydroxylation sites is 2. The van der Waals surface area contributed by atoms with Crippen LogP contribution in [0.15, 0.2) is 160 Å². The summed E-state index contributed by atoms with van der Waals surface area (Å²) in [5.41, 5.74) is 25.7. The largest absolute Gasteiger partial charge is 0.504 e. The first-order valence-electron chi connectivity index (χ1n) is 31.4. The van der Waals surface area contributed by atoms with Gasteiger partial charge in [-0.1, -0.05) is 203 Å². The number of allylic oxidation sites excluding steroid dienone is 9. The van der Waals surface area contributed by atoms with Gasteiger partial charge in [-0.05, 0) is 243 Å². The van der Waals surface area contributed by atoms with Gasteiger partial charge in [0.05, 0.1) is 18.8 Å². The van der Waals surface area contributed by atoms with E-state index in [1.807, 2.05) is 17.2 Å². The normalized spacial score (nSPS) is 26.3. The first-order chi connectivity index (χ1) is 38.0. The topological polar surface area (TPSA) is 42.0 Å².